The smallest absolute Gasteiger partial charge is 0.224 e. The van der Waals surface area contributed by atoms with Crippen molar-refractivity contribution in [2.24, 2.45) is 11.7 Å². The van der Waals surface area contributed by atoms with Crippen LogP contribution < -0.4 is 11.1 Å². The van der Waals surface area contributed by atoms with E-state index < -0.39 is 0 Å². The lowest BCUT2D eigenvalue weighted by atomic mass is 9.94. The number of carbonyl (C=O) groups is 1. The fourth-order valence-electron chi connectivity index (χ4n) is 2.10. The van der Waals surface area contributed by atoms with Gasteiger partial charge >= 0.3 is 0 Å². The van der Waals surface area contributed by atoms with Gasteiger partial charge in [-0.05, 0) is 47.3 Å². The Bertz CT molecular complexity index is 392. The number of pyridine rings is 1. The van der Waals surface area contributed by atoms with Gasteiger partial charge in [0.25, 0.3) is 0 Å². The molecule has 3 N–H and O–H groups in total. The van der Waals surface area contributed by atoms with Crippen LogP contribution in [0.3, 0.4) is 0 Å². The topological polar surface area (TPSA) is 68.0 Å². The Labute approximate surface area is 123 Å². The van der Waals surface area contributed by atoms with Crippen molar-refractivity contribution in [2.45, 2.75) is 39.0 Å². The summed E-state index contributed by atoms with van der Waals surface area (Å²) in [6.07, 6.45) is 8.06. The molecule has 5 heteroatoms. The standard InChI is InChI=1S/C14H22BrN3O/c1-2-3-11(6-8-16)4-5-14(19)18-13-7-9-17-10-12(13)15/h7,9-11H,2-6,8,16H2,1H3,(H,17,18,19). The maximum absolute atomic E-state index is 11.9. The largest absolute Gasteiger partial charge is 0.330 e. The van der Waals surface area contributed by atoms with Gasteiger partial charge in [-0.15, -0.1) is 0 Å². The molecule has 0 aliphatic rings. The maximum atomic E-state index is 11.9. The number of nitrogens with zero attached hydrogens (tertiary/aromatic N) is 1. The summed E-state index contributed by atoms with van der Waals surface area (Å²) >= 11 is 3.36. The first-order valence-electron chi connectivity index (χ1n) is 6.76. The van der Waals surface area contributed by atoms with Gasteiger partial charge in [0.05, 0.1) is 10.2 Å². The van der Waals surface area contributed by atoms with E-state index in [1.54, 1.807) is 18.5 Å². The minimum atomic E-state index is 0.0463. The highest BCUT2D eigenvalue weighted by molar-refractivity contribution is 9.10. The lowest BCUT2D eigenvalue weighted by Gasteiger charge is -2.14. The molecule has 0 aliphatic carbocycles. The molecule has 106 valence electrons. The molecule has 0 saturated heterocycles. The monoisotopic (exact) mass is 327 g/mol. The van der Waals surface area contributed by atoms with Crippen LogP contribution in [0.5, 0.6) is 0 Å². The molecular formula is C14H22BrN3O. The molecule has 19 heavy (non-hydrogen) atoms. The number of hydrogen-bond donors (Lipinski definition) is 2. The van der Waals surface area contributed by atoms with Gasteiger partial charge < -0.3 is 11.1 Å². The summed E-state index contributed by atoms with van der Waals surface area (Å²) in [4.78, 5) is 15.9. The summed E-state index contributed by atoms with van der Waals surface area (Å²) in [6.45, 7) is 2.86. The van der Waals surface area contributed by atoms with Crippen molar-refractivity contribution in [3.63, 3.8) is 0 Å². The fourth-order valence-corrected chi connectivity index (χ4v) is 2.45. The number of hydrogen-bond acceptors (Lipinski definition) is 3. The molecule has 1 heterocycles. The zero-order valence-corrected chi connectivity index (χ0v) is 12.9. The Morgan fingerprint density at radius 2 is 2.26 bits per heavy atom. The summed E-state index contributed by atoms with van der Waals surface area (Å²) in [7, 11) is 0. The zero-order chi connectivity index (χ0) is 14.1. The predicted octanol–water partition coefficient (Wildman–Crippen LogP) is 3.33. The predicted molar refractivity (Wildman–Crippen MR) is 81.9 cm³/mol. The Hall–Kier alpha value is -0.940. The van der Waals surface area contributed by atoms with E-state index in [1.807, 2.05) is 0 Å². The number of aromatic nitrogens is 1. The van der Waals surface area contributed by atoms with Gasteiger partial charge in [0.1, 0.15) is 0 Å². The first-order chi connectivity index (χ1) is 9.17. The molecule has 1 aromatic rings. The molecule has 0 aliphatic heterocycles. The quantitative estimate of drug-likeness (QED) is 0.769. The van der Waals surface area contributed by atoms with E-state index in [0.29, 0.717) is 18.9 Å². The van der Waals surface area contributed by atoms with Gasteiger partial charge in [-0.2, -0.15) is 0 Å². The molecule has 0 spiro atoms. The summed E-state index contributed by atoms with van der Waals surface area (Å²) in [5, 5.41) is 2.89. The highest BCUT2D eigenvalue weighted by atomic mass is 79.9. The normalized spacial score (nSPS) is 12.2. The summed E-state index contributed by atoms with van der Waals surface area (Å²) in [5.41, 5.74) is 6.37. The number of rotatable bonds is 8. The third-order valence-electron chi connectivity index (χ3n) is 3.10. The van der Waals surface area contributed by atoms with Gasteiger partial charge in [-0.1, -0.05) is 19.8 Å². The van der Waals surface area contributed by atoms with Gasteiger partial charge in [0, 0.05) is 18.8 Å². The van der Waals surface area contributed by atoms with Crippen molar-refractivity contribution in [3.05, 3.63) is 22.9 Å². The van der Waals surface area contributed by atoms with Crippen molar-refractivity contribution in [1.29, 1.82) is 0 Å². The molecule has 0 radical (unpaired) electrons. The number of nitrogens with one attached hydrogen (secondary N) is 1. The van der Waals surface area contributed by atoms with E-state index in [2.05, 4.69) is 33.2 Å². The molecule has 0 aromatic carbocycles. The van der Waals surface area contributed by atoms with Crippen molar-refractivity contribution in [3.8, 4) is 0 Å². The molecule has 1 rings (SSSR count). The lowest BCUT2D eigenvalue weighted by molar-refractivity contribution is -0.116. The molecular weight excluding hydrogens is 306 g/mol. The molecule has 0 bridgehead atoms. The third-order valence-corrected chi connectivity index (χ3v) is 3.73. The number of carbonyl (C=O) groups excluding carboxylic acids is 1. The second kappa shape index (κ2) is 9.04. The van der Waals surface area contributed by atoms with E-state index in [0.717, 1.165) is 35.8 Å². The second-order valence-corrected chi connectivity index (χ2v) is 5.53. The molecule has 0 fully saturated rings. The molecule has 1 atom stereocenters. The SMILES string of the molecule is CCCC(CCN)CCC(=O)Nc1ccncc1Br. The Balaban J connectivity index is 2.40. The average molecular weight is 328 g/mol. The van der Waals surface area contributed by atoms with Crippen LogP contribution in [-0.2, 0) is 4.79 Å². The van der Waals surface area contributed by atoms with Gasteiger partial charge in [0.15, 0.2) is 0 Å². The van der Waals surface area contributed by atoms with E-state index in [4.69, 9.17) is 5.73 Å². The van der Waals surface area contributed by atoms with Crippen LogP contribution in [0, 0.1) is 5.92 Å². The number of anilines is 1. The Morgan fingerprint density at radius 1 is 1.47 bits per heavy atom. The number of halogens is 1. The van der Waals surface area contributed by atoms with Crippen LogP contribution in [0.4, 0.5) is 5.69 Å². The van der Waals surface area contributed by atoms with Gasteiger partial charge in [-0.25, -0.2) is 0 Å². The van der Waals surface area contributed by atoms with Crippen LogP contribution in [0.25, 0.3) is 0 Å². The second-order valence-electron chi connectivity index (χ2n) is 4.67. The van der Waals surface area contributed by atoms with Crippen molar-refractivity contribution < 1.29 is 4.79 Å². The van der Waals surface area contributed by atoms with Crippen LogP contribution in [0.2, 0.25) is 0 Å². The van der Waals surface area contributed by atoms with Crippen LogP contribution >= 0.6 is 15.9 Å². The van der Waals surface area contributed by atoms with Crippen molar-refractivity contribution >= 4 is 27.5 Å². The summed E-state index contributed by atoms with van der Waals surface area (Å²) < 4.78 is 0.801. The van der Waals surface area contributed by atoms with Crippen molar-refractivity contribution in [1.82, 2.24) is 4.98 Å². The van der Waals surface area contributed by atoms with Gasteiger partial charge in [0.2, 0.25) is 5.91 Å². The zero-order valence-electron chi connectivity index (χ0n) is 11.4. The van der Waals surface area contributed by atoms with E-state index in [9.17, 15) is 4.79 Å². The maximum Gasteiger partial charge on any atom is 0.224 e. The third kappa shape index (κ3) is 6.16. The fraction of sp³-hybridized carbons (Fsp3) is 0.571. The Kier molecular flexibility index (Phi) is 7.67. The molecule has 1 unspecified atom stereocenters. The van der Waals surface area contributed by atoms with E-state index >= 15 is 0 Å². The summed E-state index contributed by atoms with van der Waals surface area (Å²) in [5.74, 6) is 0.603. The molecule has 1 aromatic heterocycles. The highest BCUT2D eigenvalue weighted by Crippen LogP contribution is 2.21. The molecule has 1 amide bonds. The van der Waals surface area contributed by atoms with E-state index in [-0.39, 0.29) is 5.91 Å². The summed E-state index contributed by atoms with van der Waals surface area (Å²) in [6, 6.07) is 1.78. The van der Waals surface area contributed by atoms with Gasteiger partial charge in [-0.3, -0.25) is 9.78 Å². The van der Waals surface area contributed by atoms with Crippen LogP contribution in [0.1, 0.15) is 39.0 Å². The average Bonchev–Trinajstić information content (AvgIpc) is 2.39. The highest BCUT2D eigenvalue weighted by Gasteiger charge is 2.11. The lowest BCUT2D eigenvalue weighted by Crippen LogP contribution is -2.15. The number of amides is 1. The Morgan fingerprint density at radius 3 is 2.89 bits per heavy atom. The van der Waals surface area contributed by atoms with E-state index in [1.165, 1.54) is 0 Å². The minimum absolute atomic E-state index is 0.0463. The first kappa shape index (κ1) is 16.1. The van der Waals surface area contributed by atoms with Crippen molar-refractivity contribution in [2.75, 3.05) is 11.9 Å². The first-order valence-corrected chi connectivity index (χ1v) is 7.56. The van der Waals surface area contributed by atoms with Crippen LogP contribution in [0.15, 0.2) is 22.9 Å². The molecule has 4 nitrogen and oxygen atoms in total. The minimum Gasteiger partial charge on any atom is -0.330 e. The molecule has 0 saturated carbocycles. The number of nitrogens with two attached hydrogens (primary N) is 1. The van der Waals surface area contributed by atoms with Crippen LogP contribution in [-0.4, -0.2) is 17.4 Å².